The third-order valence-electron chi connectivity index (χ3n) is 2.76. The molecule has 2 rings (SSSR count). The number of hydrogen-bond donors (Lipinski definition) is 3. The molecule has 1 aromatic carbocycles. The van der Waals surface area contributed by atoms with Crippen LogP contribution in [0.2, 0.25) is 0 Å². The summed E-state index contributed by atoms with van der Waals surface area (Å²) in [4.78, 5) is 4.24. The van der Waals surface area contributed by atoms with E-state index in [0.29, 0.717) is 24.5 Å². The molecule has 2 aromatic rings. The highest BCUT2D eigenvalue weighted by molar-refractivity contribution is 5.44. The van der Waals surface area contributed by atoms with Crippen molar-refractivity contribution in [1.82, 2.24) is 10.3 Å². The lowest BCUT2D eigenvalue weighted by atomic mass is 10.2. The van der Waals surface area contributed by atoms with Gasteiger partial charge < -0.3 is 19.9 Å². The molecule has 0 aliphatic carbocycles. The summed E-state index contributed by atoms with van der Waals surface area (Å²) in [6.45, 7) is 4.67. The van der Waals surface area contributed by atoms with Crippen LogP contribution in [0.3, 0.4) is 0 Å². The maximum atomic E-state index is 9.61. The Morgan fingerprint density at radius 1 is 1.22 bits per heavy atom. The Morgan fingerprint density at radius 3 is 2.67 bits per heavy atom. The quantitative estimate of drug-likeness (QED) is 0.721. The lowest BCUT2D eigenvalue weighted by Gasteiger charge is -2.06. The first kappa shape index (κ1) is 12.4. The van der Waals surface area contributed by atoms with Crippen LogP contribution in [0, 0.1) is 13.8 Å². The molecule has 0 unspecified atom stereocenters. The number of nitrogens with zero attached hydrogens (tertiary/aromatic N) is 1. The summed E-state index contributed by atoms with van der Waals surface area (Å²) >= 11 is 0. The van der Waals surface area contributed by atoms with Crippen molar-refractivity contribution in [3.05, 3.63) is 41.1 Å². The second-order valence-corrected chi connectivity index (χ2v) is 4.14. The van der Waals surface area contributed by atoms with Crippen LogP contribution in [-0.4, -0.2) is 15.2 Å². The third kappa shape index (κ3) is 2.62. The molecule has 5 nitrogen and oxygen atoms in total. The van der Waals surface area contributed by atoms with Gasteiger partial charge in [0.05, 0.1) is 12.2 Å². The molecule has 0 bridgehead atoms. The van der Waals surface area contributed by atoms with Gasteiger partial charge in [-0.2, -0.15) is 0 Å². The summed E-state index contributed by atoms with van der Waals surface area (Å²) in [5, 5.41) is 22.1. The van der Waals surface area contributed by atoms with E-state index in [1.54, 1.807) is 12.1 Å². The Kier molecular flexibility index (Phi) is 3.53. The summed E-state index contributed by atoms with van der Waals surface area (Å²) in [6, 6.07) is 4.87. The number of aromatic hydroxyl groups is 2. The van der Waals surface area contributed by atoms with Gasteiger partial charge in [-0.05, 0) is 19.9 Å². The topological polar surface area (TPSA) is 78.5 Å². The minimum atomic E-state index is -0.114. The van der Waals surface area contributed by atoms with E-state index in [-0.39, 0.29) is 11.5 Å². The van der Waals surface area contributed by atoms with Crippen LogP contribution < -0.4 is 5.32 Å². The zero-order valence-corrected chi connectivity index (χ0v) is 10.4. The largest absolute Gasteiger partial charge is 0.504 e. The Balaban J connectivity index is 1.94. The number of oxazole rings is 1. The van der Waals surface area contributed by atoms with E-state index in [9.17, 15) is 10.2 Å². The number of nitrogens with one attached hydrogen (secondary N) is 1. The van der Waals surface area contributed by atoms with E-state index in [4.69, 9.17) is 4.42 Å². The molecule has 3 N–H and O–H groups in total. The average Bonchev–Trinajstić information content (AvgIpc) is 2.64. The second-order valence-electron chi connectivity index (χ2n) is 4.14. The first-order valence-electron chi connectivity index (χ1n) is 5.71. The van der Waals surface area contributed by atoms with Crippen LogP contribution in [0.4, 0.5) is 0 Å². The highest BCUT2D eigenvalue weighted by Gasteiger charge is 2.07. The van der Waals surface area contributed by atoms with Crippen LogP contribution in [-0.2, 0) is 13.1 Å². The van der Waals surface area contributed by atoms with E-state index < -0.39 is 0 Å². The van der Waals surface area contributed by atoms with Crippen LogP contribution in [0.15, 0.2) is 22.6 Å². The molecule has 0 saturated heterocycles. The Hall–Kier alpha value is -2.01. The number of rotatable bonds is 4. The number of phenolic OH excluding ortho intramolecular Hbond substituents is 2. The van der Waals surface area contributed by atoms with Gasteiger partial charge in [0.2, 0.25) is 5.89 Å². The molecule has 96 valence electrons. The molecule has 0 amide bonds. The minimum absolute atomic E-state index is 0.0928. The highest BCUT2D eigenvalue weighted by atomic mass is 16.4. The normalized spacial score (nSPS) is 10.8. The van der Waals surface area contributed by atoms with E-state index in [1.165, 1.54) is 6.07 Å². The van der Waals surface area contributed by atoms with Crippen molar-refractivity contribution in [2.45, 2.75) is 26.9 Å². The van der Waals surface area contributed by atoms with Crippen molar-refractivity contribution in [3.63, 3.8) is 0 Å². The summed E-state index contributed by atoms with van der Waals surface area (Å²) in [5.74, 6) is 1.22. The van der Waals surface area contributed by atoms with E-state index >= 15 is 0 Å². The summed E-state index contributed by atoms with van der Waals surface area (Å²) in [7, 11) is 0. The van der Waals surface area contributed by atoms with Gasteiger partial charge in [0.1, 0.15) is 5.76 Å². The number of benzene rings is 1. The van der Waals surface area contributed by atoms with Crippen LogP contribution >= 0.6 is 0 Å². The van der Waals surface area contributed by atoms with Gasteiger partial charge in [0, 0.05) is 12.1 Å². The first-order valence-corrected chi connectivity index (χ1v) is 5.71. The summed E-state index contributed by atoms with van der Waals surface area (Å²) in [6.07, 6.45) is 0. The van der Waals surface area contributed by atoms with Crippen LogP contribution in [0.5, 0.6) is 11.5 Å². The summed E-state index contributed by atoms with van der Waals surface area (Å²) < 4.78 is 5.42. The molecule has 0 radical (unpaired) electrons. The molecule has 18 heavy (non-hydrogen) atoms. The van der Waals surface area contributed by atoms with E-state index in [0.717, 1.165) is 11.5 Å². The van der Waals surface area contributed by atoms with Crippen molar-refractivity contribution < 1.29 is 14.6 Å². The fourth-order valence-electron chi connectivity index (χ4n) is 1.64. The Morgan fingerprint density at radius 2 is 2.00 bits per heavy atom. The SMILES string of the molecule is Cc1nc(CNCc2cccc(O)c2O)oc1C. The molecule has 0 atom stereocenters. The van der Waals surface area contributed by atoms with Gasteiger partial charge in [-0.25, -0.2) is 4.98 Å². The van der Waals surface area contributed by atoms with Crippen molar-refractivity contribution in [2.24, 2.45) is 0 Å². The lowest BCUT2D eigenvalue weighted by molar-refractivity contribution is 0.396. The number of aromatic nitrogens is 1. The highest BCUT2D eigenvalue weighted by Crippen LogP contribution is 2.27. The summed E-state index contributed by atoms with van der Waals surface area (Å²) in [5.41, 5.74) is 1.52. The third-order valence-corrected chi connectivity index (χ3v) is 2.76. The Labute approximate surface area is 105 Å². The van der Waals surface area contributed by atoms with Gasteiger partial charge in [-0.3, -0.25) is 0 Å². The first-order chi connectivity index (χ1) is 8.58. The fraction of sp³-hybridized carbons (Fsp3) is 0.308. The number of hydrogen-bond acceptors (Lipinski definition) is 5. The molecule has 0 aliphatic heterocycles. The lowest BCUT2D eigenvalue weighted by Crippen LogP contribution is -2.13. The molecule has 0 saturated carbocycles. The van der Waals surface area contributed by atoms with Crippen LogP contribution in [0.1, 0.15) is 22.9 Å². The number of para-hydroxylation sites is 1. The Bertz CT molecular complexity index is 530. The van der Waals surface area contributed by atoms with Gasteiger partial charge in [-0.1, -0.05) is 12.1 Å². The number of aryl methyl sites for hydroxylation is 2. The van der Waals surface area contributed by atoms with Crippen molar-refractivity contribution in [1.29, 1.82) is 0 Å². The predicted molar refractivity (Wildman–Crippen MR) is 66.3 cm³/mol. The minimum Gasteiger partial charge on any atom is -0.504 e. The van der Waals surface area contributed by atoms with E-state index in [2.05, 4.69) is 10.3 Å². The van der Waals surface area contributed by atoms with Gasteiger partial charge in [0.25, 0.3) is 0 Å². The van der Waals surface area contributed by atoms with E-state index in [1.807, 2.05) is 13.8 Å². The zero-order chi connectivity index (χ0) is 13.1. The maximum Gasteiger partial charge on any atom is 0.208 e. The molecular formula is C13H16N2O3. The molecule has 5 heteroatoms. The van der Waals surface area contributed by atoms with Crippen molar-refractivity contribution in [2.75, 3.05) is 0 Å². The molecule has 1 heterocycles. The fourth-order valence-corrected chi connectivity index (χ4v) is 1.64. The molecule has 0 fully saturated rings. The monoisotopic (exact) mass is 248 g/mol. The van der Waals surface area contributed by atoms with Crippen molar-refractivity contribution in [3.8, 4) is 11.5 Å². The van der Waals surface area contributed by atoms with Gasteiger partial charge in [0.15, 0.2) is 11.5 Å². The predicted octanol–water partition coefficient (Wildman–Crippen LogP) is 1.99. The smallest absolute Gasteiger partial charge is 0.208 e. The zero-order valence-electron chi connectivity index (χ0n) is 10.4. The van der Waals surface area contributed by atoms with Crippen molar-refractivity contribution >= 4 is 0 Å². The number of phenols is 2. The maximum absolute atomic E-state index is 9.61. The van der Waals surface area contributed by atoms with Crippen LogP contribution in [0.25, 0.3) is 0 Å². The second kappa shape index (κ2) is 5.10. The molecular weight excluding hydrogens is 232 g/mol. The molecule has 0 spiro atoms. The molecule has 1 aromatic heterocycles. The average molecular weight is 248 g/mol. The standard InChI is InChI=1S/C13H16N2O3/c1-8-9(2)18-12(15-8)7-14-6-10-4-3-5-11(16)13(10)17/h3-5,14,16-17H,6-7H2,1-2H3. The molecule has 0 aliphatic rings. The van der Waals surface area contributed by atoms with Gasteiger partial charge >= 0.3 is 0 Å². The van der Waals surface area contributed by atoms with Gasteiger partial charge in [-0.15, -0.1) is 0 Å².